The molecule has 1 aromatic carbocycles. The Morgan fingerprint density at radius 1 is 1.25 bits per heavy atom. The minimum Gasteiger partial charge on any atom is -0.356 e. The van der Waals surface area contributed by atoms with Gasteiger partial charge in [0.2, 0.25) is 0 Å². The zero-order valence-corrected chi connectivity index (χ0v) is 19.7. The van der Waals surface area contributed by atoms with Crippen LogP contribution in [0.5, 0.6) is 0 Å². The Bertz CT molecular complexity index is 709. The van der Waals surface area contributed by atoms with Crippen LogP contribution in [0.25, 0.3) is 0 Å². The number of nitrogens with zero attached hydrogens (tertiary/aromatic N) is 4. The van der Waals surface area contributed by atoms with Gasteiger partial charge in [-0.3, -0.25) is 4.99 Å². The predicted molar refractivity (Wildman–Crippen MR) is 126 cm³/mol. The molecule has 0 saturated carbocycles. The number of aliphatic imine (C=N–C) groups is 1. The predicted octanol–water partition coefficient (Wildman–Crippen LogP) is 3.13. The highest BCUT2D eigenvalue weighted by atomic mass is 127. The first kappa shape index (κ1) is 24.7. The molecule has 0 aliphatic heterocycles. The van der Waals surface area contributed by atoms with Gasteiger partial charge in [0.05, 0.1) is 0 Å². The van der Waals surface area contributed by atoms with E-state index >= 15 is 0 Å². The molecule has 156 valence electrons. The van der Waals surface area contributed by atoms with Crippen LogP contribution in [-0.4, -0.2) is 52.4 Å². The summed E-state index contributed by atoms with van der Waals surface area (Å²) in [5.41, 5.74) is 0.712. The van der Waals surface area contributed by atoms with Crippen LogP contribution < -0.4 is 10.6 Å². The number of guanidine groups is 1. The maximum atomic E-state index is 13.7. The van der Waals surface area contributed by atoms with Crippen LogP contribution in [0.15, 0.2) is 35.6 Å². The highest BCUT2D eigenvalue weighted by molar-refractivity contribution is 14.0. The Hall–Kier alpha value is -1.36. The molecule has 0 spiro atoms. The number of nitrogens with one attached hydrogen (secondary N) is 2. The standard InChI is InChI=1S/C19H29FN6S.HI/c1-3-18-25-24-15-26(18)13-12-23-19(21-10-6-14-27-2)22-11-9-16-7-4-5-8-17(16)20;/h4-5,7-8,15H,3,6,9-14H2,1-2H3,(H2,21,22,23);1H. The third kappa shape index (κ3) is 8.76. The van der Waals surface area contributed by atoms with E-state index in [4.69, 9.17) is 0 Å². The summed E-state index contributed by atoms with van der Waals surface area (Å²) in [5.74, 6) is 2.67. The second-order valence-electron chi connectivity index (χ2n) is 6.07. The average Bonchev–Trinajstić information content (AvgIpc) is 3.13. The Kier molecular flexibility index (Phi) is 12.9. The Labute approximate surface area is 188 Å². The van der Waals surface area contributed by atoms with Crippen molar-refractivity contribution in [3.05, 3.63) is 47.8 Å². The van der Waals surface area contributed by atoms with Gasteiger partial charge in [-0.15, -0.1) is 34.2 Å². The number of benzene rings is 1. The lowest BCUT2D eigenvalue weighted by atomic mass is 10.1. The van der Waals surface area contributed by atoms with E-state index in [2.05, 4.69) is 39.0 Å². The monoisotopic (exact) mass is 520 g/mol. The van der Waals surface area contributed by atoms with Crippen molar-refractivity contribution in [2.24, 2.45) is 4.99 Å². The molecule has 0 fully saturated rings. The van der Waals surface area contributed by atoms with E-state index < -0.39 is 0 Å². The van der Waals surface area contributed by atoms with Crippen molar-refractivity contribution < 1.29 is 4.39 Å². The number of hydrogen-bond donors (Lipinski definition) is 2. The summed E-state index contributed by atoms with van der Waals surface area (Å²) in [6.45, 7) is 4.95. The summed E-state index contributed by atoms with van der Waals surface area (Å²) in [6, 6.07) is 6.88. The molecule has 0 bridgehead atoms. The minimum atomic E-state index is -0.162. The molecule has 9 heteroatoms. The van der Waals surface area contributed by atoms with Crippen molar-refractivity contribution in [1.82, 2.24) is 25.4 Å². The number of thioether (sulfide) groups is 1. The zero-order valence-electron chi connectivity index (χ0n) is 16.5. The molecule has 0 radical (unpaired) electrons. The highest BCUT2D eigenvalue weighted by Crippen LogP contribution is 2.06. The topological polar surface area (TPSA) is 67.1 Å². The van der Waals surface area contributed by atoms with Crippen molar-refractivity contribution >= 4 is 41.7 Å². The lowest BCUT2D eigenvalue weighted by molar-refractivity contribution is 0.605. The molecule has 0 amide bonds. The van der Waals surface area contributed by atoms with Gasteiger partial charge in [0.25, 0.3) is 0 Å². The Morgan fingerprint density at radius 3 is 2.79 bits per heavy atom. The maximum Gasteiger partial charge on any atom is 0.191 e. The summed E-state index contributed by atoms with van der Waals surface area (Å²) in [6.07, 6.45) is 6.36. The van der Waals surface area contributed by atoms with Crippen LogP contribution in [0.4, 0.5) is 4.39 Å². The van der Waals surface area contributed by atoms with Crippen LogP contribution in [0, 0.1) is 5.82 Å². The molecular formula is C19H30FIN6S. The summed E-state index contributed by atoms with van der Waals surface area (Å²) in [7, 11) is 0. The summed E-state index contributed by atoms with van der Waals surface area (Å²) in [5, 5.41) is 14.7. The third-order valence-corrected chi connectivity index (χ3v) is 4.78. The number of rotatable bonds is 11. The van der Waals surface area contributed by atoms with Gasteiger partial charge in [0, 0.05) is 32.6 Å². The lowest BCUT2D eigenvalue weighted by Crippen LogP contribution is -2.40. The lowest BCUT2D eigenvalue weighted by Gasteiger charge is -2.14. The fourth-order valence-corrected chi connectivity index (χ4v) is 3.04. The van der Waals surface area contributed by atoms with Crippen molar-refractivity contribution in [2.45, 2.75) is 32.7 Å². The summed E-state index contributed by atoms with van der Waals surface area (Å²) < 4.78 is 15.8. The summed E-state index contributed by atoms with van der Waals surface area (Å²) in [4.78, 5) is 4.62. The van der Waals surface area contributed by atoms with Crippen molar-refractivity contribution in [3.8, 4) is 0 Å². The van der Waals surface area contributed by atoms with E-state index in [0.717, 1.165) is 50.0 Å². The quantitative estimate of drug-likeness (QED) is 0.206. The first-order valence-corrected chi connectivity index (χ1v) is 10.7. The van der Waals surface area contributed by atoms with Gasteiger partial charge in [-0.1, -0.05) is 25.1 Å². The van der Waals surface area contributed by atoms with E-state index in [1.807, 2.05) is 28.5 Å². The van der Waals surface area contributed by atoms with Crippen molar-refractivity contribution in [2.75, 3.05) is 31.6 Å². The normalized spacial score (nSPS) is 11.2. The largest absolute Gasteiger partial charge is 0.356 e. The average molecular weight is 520 g/mol. The molecule has 6 nitrogen and oxygen atoms in total. The van der Waals surface area contributed by atoms with Crippen LogP contribution in [-0.2, 0) is 19.4 Å². The van der Waals surface area contributed by atoms with Gasteiger partial charge in [-0.05, 0) is 36.5 Å². The minimum absolute atomic E-state index is 0. The Morgan fingerprint density at radius 2 is 2.04 bits per heavy atom. The first-order chi connectivity index (χ1) is 13.2. The fraction of sp³-hybridized carbons (Fsp3) is 0.526. The van der Waals surface area contributed by atoms with Crippen molar-refractivity contribution in [3.63, 3.8) is 0 Å². The molecule has 2 rings (SSSR count). The molecule has 0 saturated heterocycles. The number of aryl methyl sites for hydroxylation is 1. The number of hydrogen-bond acceptors (Lipinski definition) is 4. The molecule has 0 atom stereocenters. The highest BCUT2D eigenvalue weighted by Gasteiger charge is 2.04. The van der Waals surface area contributed by atoms with Gasteiger partial charge < -0.3 is 15.2 Å². The smallest absolute Gasteiger partial charge is 0.191 e. The van der Waals surface area contributed by atoms with Crippen LogP contribution in [0.1, 0.15) is 24.7 Å². The molecular weight excluding hydrogens is 490 g/mol. The second kappa shape index (κ2) is 14.6. The van der Waals surface area contributed by atoms with Gasteiger partial charge in [0.15, 0.2) is 5.96 Å². The molecule has 28 heavy (non-hydrogen) atoms. The van der Waals surface area contributed by atoms with E-state index in [1.54, 1.807) is 12.4 Å². The van der Waals surface area contributed by atoms with E-state index in [1.165, 1.54) is 6.07 Å². The first-order valence-electron chi connectivity index (χ1n) is 9.35. The molecule has 1 heterocycles. The SMILES string of the molecule is CCc1nncn1CCNC(=NCCCSC)NCCc1ccccc1F.I. The Balaban J connectivity index is 0.00000392. The van der Waals surface area contributed by atoms with Gasteiger partial charge in [0.1, 0.15) is 18.0 Å². The number of aromatic nitrogens is 3. The molecule has 2 N–H and O–H groups in total. The van der Waals surface area contributed by atoms with E-state index in [9.17, 15) is 4.39 Å². The van der Waals surface area contributed by atoms with Gasteiger partial charge >= 0.3 is 0 Å². The third-order valence-electron chi connectivity index (χ3n) is 4.08. The summed E-state index contributed by atoms with van der Waals surface area (Å²) >= 11 is 1.82. The number of halogens is 2. The molecule has 0 aliphatic rings. The second-order valence-corrected chi connectivity index (χ2v) is 7.05. The molecule has 0 unspecified atom stereocenters. The van der Waals surface area contributed by atoms with Crippen molar-refractivity contribution in [1.29, 1.82) is 0 Å². The van der Waals surface area contributed by atoms with Gasteiger partial charge in [-0.25, -0.2) is 4.39 Å². The zero-order chi connectivity index (χ0) is 19.3. The molecule has 0 aliphatic carbocycles. The van der Waals surface area contributed by atoms with E-state index in [0.29, 0.717) is 18.5 Å². The van der Waals surface area contributed by atoms with E-state index in [-0.39, 0.29) is 29.8 Å². The molecule has 1 aromatic heterocycles. The fourth-order valence-electron chi connectivity index (χ4n) is 2.62. The van der Waals surface area contributed by atoms with Crippen LogP contribution in [0.3, 0.4) is 0 Å². The van der Waals surface area contributed by atoms with Crippen LogP contribution in [0.2, 0.25) is 0 Å². The van der Waals surface area contributed by atoms with Crippen LogP contribution >= 0.6 is 35.7 Å². The molecule has 2 aromatic rings. The van der Waals surface area contributed by atoms with Gasteiger partial charge in [-0.2, -0.15) is 11.8 Å². The maximum absolute atomic E-state index is 13.7.